The van der Waals surface area contributed by atoms with Crippen LogP contribution in [-0.2, 0) is 9.53 Å². The second-order valence-electron chi connectivity index (χ2n) is 6.41. The minimum atomic E-state index is -0.261. The molecule has 2 saturated heterocycles. The summed E-state index contributed by atoms with van der Waals surface area (Å²) < 4.78 is 11.3. The molecule has 23 heavy (non-hydrogen) atoms. The Kier molecular flexibility index (Phi) is 3.69. The predicted molar refractivity (Wildman–Crippen MR) is 81.0 cm³/mol. The molecule has 0 spiro atoms. The van der Waals surface area contributed by atoms with Crippen molar-refractivity contribution in [1.29, 1.82) is 5.26 Å². The fourth-order valence-electron chi connectivity index (χ4n) is 3.23. The predicted octanol–water partition coefficient (Wildman–Crippen LogP) is 1.25. The summed E-state index contributed by atoms with van der Waals surface area (Å²) in [7, 11) is 0. The molecule has 1 aromatic rings. The highest BCUT2D eigenvalue weighted by Gasteiger charge is 2.34. The number of aromatic nitrogens is 1. The summed E-state index contributed by atoms with van der Waals surface area (Å²) in [5, 5.41) is 9.27. The third kappa shape index (κ3) is 2.79. The van der Waals surface area contributed by atoms with Crippen LogP contribution in [0.1, 0.15) is 43.2 Å². The van der Waals surface area contributed by atoms with Gasteiger partial charge in [-0.2, -0.15) is 5.26 Å². The van der Waals surface area contributed by atoms with E-state index in [0.29, 0.717) is 56.2 Å². The third-order valence-electron chi connectivity index (χ3n) is 4.74. The lowest BCUT2D eigenvalue weighted by Crippen LogP contribution is -2.51. The van der Waals surface area contributed by atoms with Crippen molar-refractivity contribution < 1.29 is 13.9 Å². The van der Waals surface area contributed by atoms with Crippen molar-refractivity contribution in [2.75, 3.05) is 37.7 Å². The molecule has 7 nitrogen and oxygen atoms in total. The van der Waals surface area contributed by atoms with Gasteiger partial charge in [-0.25, -0.2) is 4.98 Å². The highest BCUT2D eigenvalue weighted by Crippen LogP contribution is 2.41. The van der Waals surface area contributed by atoms with Gasteiger partial charge in [0.1, 0.15) is 12.2 Å². The van der Waals surface area contributed by atoms with Crippen LogP contribution in [0.3, 0.4) is 0 Å². The Morgan fingerprint density at radius 3 is 2.61 bits per heavy atom. The van der Waals surface area contributed by atoms with Gasteiger partial charge in [0.15, 0.2) is 0 Å². The van der Waals surface area contributed by atoms with Gasteiger partial charge < -0.3 is 19.0 Å². The molecule has 1 saturated carbocycles. The first-order chi connectivity index (χ1) is 11.3. The molecule has 7 heteroatoms. The van der Waals surface area contributed by atoms with E-state index in [1.54, 1.807) is 0 Å². The van der Waals surface area contributed by atoms with Crippen molar-refractivity contribution >= 4 is 11.8 Å². The summed E-state index contributed by atoms with van der Waals surface area (Å²) in [6.45, 7) is 3.26. The third-order valence-corrected chi connectivity index (χ3v) is 4.74. The molecule has 2 aliphatic heterocycles. The normalized spacial score (nSPS) is 24.7. The minimum absolute atomic E-state index is 0.0962. The number of nitriles is 1. The van der Waals surface area contributed by atoms with Crippen LogP contribution in [0.2, 0.25) is 0 Å². The van der Waals surface area contributed by atoms with E-state index in [1.807, 2.05) is 9.80 Å². The van der Waals surface area contributed by atoms with Crippen LogP contribution in [0, 0.1) is 11.3 Å². The van der Waals surface area contributed by atoms with Crippen LogP contribution in [0.15, 0.2) is 4.42 Å². The number of ether oxygens (including phenoxy) is 1. The number of piperazine rings is 1. The molecule has 0 N–H and O–H groups in total. The smallest absolute Gasteiger partial charge is 0.251 e. The maximum absolute atomic E-state index is 12.4. The molecule has 0 aromatic carbocycles. The molecule has 1 unspecified atom stereocenters. The Bertz CT molecular complexity index is 632. The molecular formula is C16H20N4O3. The molecule has 1 atom stereocenters. The first kappa shape index (κ1) is 14.5. The summed E-state index contributed by atoms with van der Waals surface area (Å²) >= 11 is 0. The van der Waals surface area contributed by atoms with E-state index in [9.17, 15) is 10.1 Å². The van der Waals surface area contributed by atoms with E-state index < -0.39 is 0 Å². The molecule has 1 aliphatic carbocycles. The second-order valence-corrected chi connectivity index (χ2v) is 6.41. The van der Waals surface area contributed by atoms with Crippen molar-refractivity contribution in [2.24, 2.45) is 0 Å². The Hall–Kier alpha value is -2.07. The lowest BCUT2D eigenvalue weighted by atomic mass is 10.2. The van der Waals surface area contributed by atoms with Gasteiger partial charge in [0.25, 0.3) is 5.91 Å². The molecule has 4 rings (SSSR count). The van der Waals surface area contributed by atoms with E-state index in [-0.39, 0.29) is 12.0 Å². The van der Waals surface area contributed by atoms with E-state index >= 15 is 0 Å². The monoisotopic (exact) mass is 316 g/mol. The van der Waals surface area contributed by atoms with Gasteiger partial charge >= 0.3 is 0 Å². The number of hydrogen-bond acceptors (Lipinski definition) is 6. The molecule has 1 amide bonds. The van der Waals surface area contributed by atoms with Crippen LogP contribution in [0.5, 0.6) is 0 Å². The lowest BCUT2D eigenvalue weighted by Gasteiger charge is -2.35. The zero-order valence-corrected chi connectivity index (χ0v) is 13.0. The average Bonchev–Trinajstić information content (AvgIpc) is 3.14. The van der Waals surface area contributed by atoms with Crippen molar-refractivity contribution in [1.82, 2.24) is 9.88 Å². The minimum Gasteiger partial charge on any atom is -0.423 e. The highest BCUT2D eigenvalue weighted by molar-refractivity contribution is 5.81. The first-order valence-corrected chi connectivity index (χ1v) is 8.32. The molecule has 0 radical (unpaired) electrons. The fourth-order valence-corrected chi connectivity index (χ4v) is 3.23. The summed E-state index contributed by atoms with van der Waals surface area (Å²) in [5.74, 6) is 1.74. The standard InChI is InChI=1S/C16H20N4O3/c17-10-12-16(23-14(18-12)11-3-4-11)20-7-5-19(6-8-20)15(21)13-2-1-9-22-13/h11,13H,1-9H2. The van der Waals surface area contributed by atoms with Crippen molar-refractivity contribution in [3.8, 4) is 6.07 Å². The van der Waals surface area contributed by atoms with Gasteiger partial charge in [0.05, 0.1) is 0 Å². The fraction of sp³-hybridized carbons (Fsp3) is 0.688. The summed E-state index contributed by atoms with van der Waals surface area (Å²) in [4.78, 5) is 20.6. The second kappa shape index (κ2) is 5.85. The Morgan fingerprint density at radius 2 is 2.00 bits per heavy atom. The van der Waals surface area contributed by atoms with Crippen LogP contribution >= 0.6 is 0 Å². The Morgan fingerprint density at radius 1 is 1.22 bits per heavy atom. The van der Waals surface area contributed by atoms with Crippen LogP contribution < -0.4 is 4.90 Å². The Balaban J connectivity index is 1.41. The zero-order valence-electron chi connectivity index (χ0n) is 13.0. The number of nitrogens with zero attached hydrogens (tertiary/aromatic N) is 4. The molecule has 3 aliphatic rings. The van der Waals surface area contributed by atoms with Crippen LogP contribution in [-0.4, -0.2) is 54.7 Å². The maximum atomic E-state index is 12.4. The Labute approximate surface area is 134 Å². The molecule has 3 heterocycles. The molecule has 0 bridgehead atoms. The SMILES string of the molecule is N#Cc1nc(C2CC2)oc1N1CCN(C(=O)C2CCCO2)CC1. The number of oxazole rings is 1. The molecule has 3 fully saturated rings. The number of amides is 1. The van der Waals surface area contributed by atoms with E-state index in [1.165, 1.54) is 0 Å². The average molecular weight is 316 g/mol. The van der Waals surface area contributed by atoms with E-state index in [0.717, 1.165) is 25.7 Å². The molecule has 1 aromatic heterocycles. The zero-order chi connectivity index (χ0) is 15.8. The van der Waals surface area contributed by atoms with Crippen LogP contribution in [0.4, 0.5) is 5.88 Å². The first-order valence-electron chi connectivity index (χ1n) is 8.32. The molecule has 122 valence electrons. The maximum Gasteiger partial charge on any atom is 0.251 e. The summed E-state index contributed by atoms with van der Waals surface area (Å²) in [6, 6.07) is 2.13. The number of hydrogen-bond donors (Lipinski definition) is 0. The highest BCUT2D eigenvalue weighted by atomic mass is 16.5. The topological polar surface area (TPSA) is 82.6 Å². The molecular weight excluding hydrogens is 296 g/mol. The van der Waals surface area contributed by atoms with Gasteiger partial charge in [-0.3, -0.25) is 4.79 Å². The van der Waals surface area contributed by atoms with Crippen molar-refractivity contribution in [3.05, 3.63) is 11.6 Å². The quantitative estimate of drug-likeness (QED) is 0.834. The number of rotatable bonds is 3. The number of carbonyl (C=O) groups is 1. The van der Waals surface area contributed by atoms with Gasteiger partial charge in [-0.15, -0.1) is 0 Å². The lowest BCUT2D eigenvalue weighted by molar-refractivity contribution is -0.141. The number of anilines is 1. The van der Waals surface area contributed by atoms with Crippen molar-refractivity contribution in [2.45, 2.75) is 37.7 Å². The van der Waals surface area contributed by atoms with E-state index in [2.05, 4.69) is 11.1 Å². The van der Waals surface area contributed by atoms with Gasteiger partial charge in [0.2, 0.25) is 17.5 Å². The summed E-state index contributed by atoms with van der Waals surface area (Å²) in [6.07, 6.45) is 3.71. The van der Waals surface area contributed by atoms with E-state index in [4.69, 9.17) is 9.15 Å². The van der Waals surface area contributed by atoms with Gasteiger partial charge in [-0.05, 0) is 25.7 Å². The van der Waals surface area contributed by atoms with Gasteiger partial charge in [-0.1, -0.05) is 0 Å². The van der Waals surface area contributed by atoms with Gasteiger partial charge in [0, 0.05) is 38.7 Å². The van der Waals surface area contributed by atoms with Crippen molar-refractivity contribution in [3.63, 3.8) is 0 Å². The summed E-state index contributed by atoms with van der Waals surface area (Å²) in [5.41, 5.74) is 0.366. The van der Waals surface area contributed by atoms with Crippen LogP contribution in [0.25, 0.3) is 0 Å². The largest absolute Gasteiger partial charge is 0.423 e. The number of carbonyl (C=O) groups excluding carboxylic acids is 1.